The molecule has 0 aliphatic rings. The van der Waals surface area contributed by atoms with Crippen molar-refractivity contribution in [2.45, 2.75) is 6.42 Å². The van der Waals surface area contributed by atoms with E-state index in [1.54, 1.807) is 13.2 Å². The summed E-state index contributed by atoms with van der Waals surface area (Å²) in [7, 11) is 3.48. The maximum absolute atomic E-state index is 9.56. The maximum atomic E-state index is 9.56. The molecule has 0 spiro atoms. The largest absolute Gasteiger partial charge is 0.507 e. The summed E-state index contributed by atoms with van der Waals surface area (Å²) in [6.45, 7) is 0.879. The van der Waals surface area contributed by atoms with Crippen molar-refractivity contribution >= 4 is 15.9 Å². The molecular formula is C10H14BrNO2. The smallest absolute Gasteiger partial charge is 0.137 e. The number of likely N-dealkylation sites (N-methyl/N-ethyl adjacent to an activating group) is 1. The van der Waals surface area contributed by atoms with Gasteiger partial charge in [-0.25, -0.2) is 0 Å². The van der Waals surface area contributed by atoms with Crippen molar-refractivity contribution in [3.05, 3.63) is 22.2 Å². The normalized spacial score (nSPS) is 10.2. The number of benzene rings is 1. The van der Waals surface area contributed by atoms with E-state index in [-0.39, 0.29) is 5.75 Å². The summed E-state index contributed by atoms with van der Waals surface area (Å²) in [5, 5.41) is 12.6. The molecule has 0 unspecified atom stereocenters. The molecule has 0 aliphatic carbocycles. The zero-order chi connectivity index (χ0) is 10.6. The van der Waals surface area contributed by atoms with Gasteiger partial charge in [-0.05, 0) is 53.6 Å². The first kappa shape index (κ1) is 11.3. The summed E-state index contributed by atoms with van der Waals surface area (Å²) in [5.74, 6) is 0.881. The van der Waals surface area contributed by atoms with Crippen LogP contribution in [0.1, 0.15) is 5.56 Å². The van der Waals surface area contributed by atoms with Crippen LogP contribution < -0.4 is 10.1 Å². The number of rotatable bonds is 4. The molecule has 2 N–H and O–H groups in total. The molecule has 0 atom stereocenters. The van der Waals surface area contributed by atoms with E-state index in [1.165, 1.54) is 0 Å². The van der Waals surface area contributed by atoms with Gasteiger partial charge < -0.3 is 15.2 Å². The quantitative estimate of drug-likeness (QED) is 0.869. The molecule has 0 fully saturated rings. The summed E-state index contributed by atoms with van der Waals surface area (Å²) >= 11 is 3.25. The van der Waals surface area contributed by atoms with E-state index in [2.05, 4.69) is 21.2 Å². The lowest BCUT2D eigenvalue weighted by atomic mass is 10.1. The Morgan fingerprint density at radius 3 is 2.79 bits per heavy atom. The second-order valence-corrected chi connectivity index (χ2v) is 3.78. The highest BCUT2D eigenvalue weighted by Crippen LogP contribution is 2.34. The lowest BCUT2D eigenvalue weighted by Crippen LogP contribution is -2.10. The van der Waals surface area contributed by atoms with Crippen molar-refractivity contribution in [3.63, 3.8) is 0 Å². The third-order valence-corrected chi connectivity index (χ3v) is 2.76. The molecule has 0 amide bonds. The fraction of sp³-hybridized carbons (Fsp3) is 0.400. The Labute approximate surface area is 92.2 Å². The van der Waals surface area contributed by atoms with Gasteiger partial charge in [0.05, 0.1) is 7.11 Å². The summed E-state index contributed by atoms with van der Waals surface area (Å²) in [4.78, 5) is 0. The average Bonchev–Trinajstić information content (AvgIpc) is 2.19. The molecule has 0 heterocycles. The first-order valence-corrected chi connectivity index (χ1v) is 5.18. The van der Waals surface area contributed by atoms with Gasteiger partial charge in [-0.2, -0.15) is 0 Å². The molecule has 0 radical (unpaired) electrons. The van der Waals surface area contributed by atoms with Crippen molar-refractivity contribution in [2.75, 3.05) is 20.7 Å². The lowest BCUT2D eigenvalue weighted by Gasteiger charge is -2.08. The van der Waals surface area contributed by atoms with Gasteiger partial charge in [0.1, 0.15) is 16.0 Å². The van der Waals surface area contributed by atoms with Crippen molar-refractivity contribution in [1.29, 1.82) is 0 Å². The SMILES string of the molecule is CNCCc1cc(O)c(Br)c(OC)c1. The fourth-order valence-electron chi connectivity index (χ4n) is 1.20. The summed E-state index contributed by atoms with van der Waals surface area (Å²) in [6.07, 6.45) is 0.869. The molecule has 1 aromatic rings. The van der Waals surface area contributed by atoms with Crippen molar-refractivity contribution in [3.8, 4) is 11.5 Å². The first-order valence-electron chi connectivity index (χ1n) is 4.39. The summed E-state index contributed by atoms with van der Waals surface area (Å²) < 4.78 is 5.72. The van der Waals surface area contributed by atoms with Gasteiger partial charge in [-0.15, -0.1) is 0 Å². The number of hydrogen-bond donors (Lipinski definition) is 2. The van der Waals surface area contributed by atoms with Crippen LogP contribution in [0, 0.1) is 0 Å². The molecule has 0 saturated heterocycles. The lowest BCUT2D eigenvalue weighted by molar-refractivity contribution is 0.402. The van der Waals surface area contributed by atoms with Gasteiger partial charge in [-0.1, -0.05) is 0 Å². The third kappa shape index (κ3) is 2.62. The van der Waals surface area contributed by atoms with Gasteiger partial charge in [0, 0.05) is 0 Å². The first-order chi connectivity index (χ1) is 6.69. The molecule has 0 aliphatic heterocycles. The molecule has 1 rings (SSSR count). The number of phenolic OH excluding ortho intramolecular Hbond substituents is 1. The Morgan fingerprint density at radius 1 is 1.50 bits per heavy atom. The van der Waals surface area contributed by atoms with E-state index in [0.29, 0.717) is 10.2 Å². The number of methoxy groups -OCH3 is 1. The number of ether oxygens (including phenoxy) is 1. The fourth-order valence-corrected chi connectivity index (χ4v) is 1.59. The highest BCUT2D eigenvalue weighted by molar-refractivity contribution is 9.10. The van der Waals surface area contributed by atoms with Crippen molar-refractivity contribution < 1.29 is 9.84 Å². The predicted octanol–water partition coefficient (Wildman–Crippen LogP) is 1.93. The zero-order valence-electron chi connectivity index (χ0n) is 8.30. The standard InChI is InChI=1S/C10H14BrNO2/c1-12-4-3-7-5-8(13)10(11)9(6-7)14-2/h5-6,12-13H,3-4H2,1-2H3. The summed E-state index contributed by atoms with van der Waals surface area (Å²) in [5.41, 5.74) is 1.05. The number of halogens is 1. The Balaban J connectivity index is 2.91. The van der Waals surface area contributed by atoms with Crippen LogP contribution in [0.3, 0.4) is 0 Å². The molecule has 0 saturated carbocycles. The minimum absolute atomic E-state index is 0.218. The Hall–Kier alpha value is -0.740. The molecule has 4 heteroatoms. The van der Waals surface area contributed by atoms with Crippen LogP contribution in [0.4, 0.5) is 0 Å². The van der Waals surface area contributed by atoms with E-state index >= 15 is 0 Å². The minimum atomic E-state index is 0.218. The van der Waals surface area contributed by atoms with Gasteiger partial charge in [0.15, 0.2) is 0 Å². The number of aromatic hydroxyl groups is 1. The molecular weight excluding hydrogens is 246 g/mol. The van der Waals surface area contributed by atoms with E-state index in [4.69, 9.17) is 4.74 Å². The second-order valence-electron chi connectivity index (χ2n) is 2.98. The molecule has 14 heavy (non-hydrogen) atoms. The van der Waals surface area contributed by atoms with E-state index in [1.807, 2.05) is 13.1 Å². The molecule has 78 valence electrons. The van der Waals surface area contributed by atoms with Gasteiger partial charge in [0.2, 0.25) is 0 Å². The second kappa shape index (κ2) is 5.22. The highest BCUT2D eigenvalue weighted by Gasteiger charge is 2.07. The zero-order valence-corrected chi connectivity index (χ0v) is 9.89. The maximum Gasteiger partial charge on any atom is 0.137 e. The average molecular weight is 260 g/mol. The number of phenols is 1. The van der Waals surface area contributed by atoms with E-state index < -0.39 is 0 Å². The van der Waals surface area contributed by atoms with Crippen LogP contribution >= 0.6 is 15.9 Å². The topological polar surface area (TPSA) is 41.5 Å². The van der Waals surface area contributed by atoms with E-state index in [9.17, 15) is 5.11 Å². The van der Waals surface area contributed by atoms with E-state index in [0.717, 1.165) is 18.5 Å². The van der Waals surface area contributed by atoms with Crippen molar-refractivity contribution in [2.24, 2.45) is 0 Å². The predicted molar refractivity (Wildman–Crippen MR) is 60.0 cm³/mol. The molecule has 0 bridgehead atoms. The molecule has 1 aromatic carbocycles. The monoisotopic (exact) mass is 259 g/mol. The van der Waals surface area contributed by atoms with Gasteiger partial charge in [-0.3, -0.25) is 0 Å². The minimum Gasteiger partial charge on any atom is -0.507 e. The Bertz CT molecular complexity index is 315. The Morgan fingerprint density at radius 2 is 2.21 bits per heavy atom. The van der Waals surface area contributed by atoms with Crippen molar-refractivity contribution in [1.82, 2.24) is 5.32 Å². The van der Waals surface area contributed by atoms with Gasteiger partial charge >= 0.3 is 0 Å². The number of hydrogen-bond acceptors (Lipinski definition) is 3. The van der Waals surface area contributed by atoms with Crippen LogP contribution in [0.15, 0.2) is 16.6 Å². The van der Waals surface area contributed by atoms with Crippen LogP contribution in [0.25, 0.3) is 0 Å². The van der Waals surface area contributed by atoms with Gasteiger partial charge in [0.25, 0.3) is 0 Å². The third-order valence-electron chi connectivity index (χ3n) is 1.96. The summed E-state index contributed by atoms with van der Waals surface area (Å²) in [6, 6.07) is 3.66. The molecule has 3 nitrogen and oxygen atoms in total. The molecule has 0 aromatic heterocycles. The van der Waals surface area contributed by atoms with Crippen LogP contribution in [-0.2, 0) is 6.42 Å². The highest BCUT2D eigenvalue weighted by atomic mass is 79.9. The van der Waals surface area contributed by atoms with Crippen LogP contribution in [-0.4, -0.2) is 25.8 Å². The Kier molecular flexibility index (Phi) is 4.22. The van der Waals surface area contributed by atoms with Crippen LogP contribution in [0.5, 0.6) is 11.5 Å². The number of nitrogens with one attached hydrogen (secondary N) is 1. The van der Waals surface area contributed by atoms with Crippen LogP contribution in [0.2, 0.25) is 0 Å².